The number of carbonyl (C=O) groups excluding carboxylic acids is 1. The standard InChI is InChI=1S/C28H37ClN8O2/c1-5-21-17-36(25-19(4)32-24(16-31-25)26-33-34-28(39-26)30-6-2)13-14-37(21)22-9-11-35(12-10-22)27(38)23-8-7-20(29)15-18(23)3/h7-8,15-16,21-22H,5-6,9-14,17H2,1-4H3,(H,30,34). The molecular formula is C28H37ClN8O2. The number of aryl methyl sites for hydroxylation is 2. The van der Waals surface area contributed by atoms with E-state index in [9.17, 15) is 4.79 Å². The molecule has 2 saturated heterocycles. The fraction of sp³-hybridized carbons (Fsp3) is 0.536. The molecule has 208 valence electrons. The van der Waals surface area contributed by atoms with Gasteiger partial charge in [0.25, 0.3) is 11.8 Å². The molecule has 4 heterocycles. The number of rotatable bonds is 7. The molecule has 2 aliphatic rings. The summed E-state index contributed by atoms with van der Waals surface area (Å²) in [6, 6.07) is 6.78. The van der Waals surface area contributed by atoms with Crippen LogP contribution in [0.3, 0.4) is 0 Å². The maximum absolute atomic E-state index is 13.1. The van der Waals surface area contributed by atoms with Gasteiger partial charge in [0.15, 0.2) is 0 Å². The summed E-state index contributed by atoms with van der Waals surface area (Å²) in [6.45, 7) is 13.2. The largest absolute Gasteiger partial charge is 0.402 e. The molecule has 0 aliphatic carbocycles. The second kappa shape index (κ2) is 11.9. The van der Waals surface area contributed by atoms with Crippen LogP contribution >= 0.6 is 11.6 Å². The van der Waals surface area contributed by atoms with E-state index in [4.69, 9.17) is 26.0 Å². The monoisotopic (exact) mass is 552 g/mol. The Labute approximate surface area is 234 Å². The zero-order valence-electron chi connectivity index (χ0n) is 23.2. The van der Waals surface area contributed by atoms with Gasteiger partial charge in [-0.05, 0) is 63.8 Å². The van der Waals surface area contributed by atoms with Crippen molar-refractivity contribution in [2.75, 3.05) is 49.5 Å². The van der Waals surface area contributed by atoms with E-state index >= 15 is 0 Å². The van der Waals surface area contributed by atoms with Crippen molar-refractivity contribution in [3.8, 4) is 11.6 Å². The molecule has 5 rings (SSSR count). The fourth-order valence-corrected chi connectivity index (χ4v) is 6.01. The van der Waals surface area contributed by atoms with Gasteiger partial charge in [0, 0.05) is 61.9 Å². The molecule has 0 saturated carbocycles. The minimum absolute atomic E-state index is 0.107. The molecule has 2 fully saturated rings. The number of benzene rings is 1. The van der Waals surface area contributed by atoms with Crippen molar-refractivity contribution in [2.45, 2.75) is 59.0 Å². The maximum atomic E-state index is 13.1. The summed E-state index contributed by atoms with van der Waals surface area (Å²) in [5.74, 6) is 1.37. The molecule has 1 atom stereocenters. The van der Waals surface area contributed by atoms with Gasteiger partial charge in [-0.25, -0.2) is 9.97 Å². The number of nitrogens with zero attached hydrogens (tertiary/aromatic N) is 7. The van der Waals surface area contributed by atoms with E-state index in [1.165, 1.54) is 0 Å². The molecule has 11 heteroatoms. The van der Waals surface area contributed by atoms with Crippen molar-refractivity contribution in [3.63, 3.8) is 0 Å². The van der Waals surface area contributed by atoms with Crippen molar-refractivity contribution >= 4 is 29.3 Å². The molecular weight excluding hydrogens is 516 g/mol. The first-order valence-corrected chi connectivity index (χ1v) is 14.2. The summed E-state index contributed by atoms with van der Waals surface area (Å²) < 4.78 is 5.64. The third kappa shape index (κ3) is 5.86. The number of halogens is 1. The van der Waals surface area contributed by atoms with Crippen molar-refractivity contribution < 1.29 is 9.21 Å². The number of hydrogen-bond acceptors (Lipinski definition) is 9. The molecule has 0 bridgehead atoms. The Kier molecular flexibility index (Phi) is 8.32. The Morgan fingerprint density at radius 3 is 2.62 bits per heavy atom. The fourth-order valence-electron chi connectivity index (χ4n) is 5.78. The highest BCUT2D eigenvalue weighted by atomic mass is 35.5. The van der Waals surface area contributed by atoms with E-state index in [1.807, 2.05) is 37.8 Å². The lowest BCUT2D eigenvalue weighted by atomic mass is 9.97. The van der Waals surface area contributed by atoms with E-state index in [2.05, 4.69) is 32.2 Å². The summed E-state index contributed by atoms with van der Waals surface area (Å²) in [5, 5.41) is 11.8. The van der Waals surface area contributed by atoms with Crippen molar-refractivity contribution in [1.29, 1.82) is 0 Å². The molecule has 2 aromatic heterocycles. The molecule has 1 amide bonds. The Balaban J connectivity index is 1.20. The number of nitrogens with one attached hydrogen (secondary N) is 1. The van der Waals surface area contributed by atoms with Gasteiger partial charge in [-0.1, -0.05) is 23.6 Å². The van der Waals surface area contributed by atoms with Crippen LogP contribution in [-0.4, -0.2) is 87.2 Å². The van der Waals surface area contributed by atoms with Crippen LogP contribution in [0.2, 0.25) is 5.02 Å². The lowest BCUT2D eigenvalue weighted by Crippen LogP contribution is -2.59. The van der Waals surface area contributed by atoms with Crippen LogP contribution in [0.25, 0.3) is 11.6 Å². The zero-order chi connectivity index (χ0) is 27.5. The van der Waals surface area contributed by atoms with E-state index in [-0.39, 0.29) is 5.91 Å². The number of piperazine rings is 1. The zero-order valence-corrected chi connectivity index (χ0v) is 23.9. The Morgan fingerprint density at radius 1 is 1.13 bits per heavy atom. The molecule has 2 aliphatic heterocycles. The molecule has 39 heavy (non-hydrogen) atoms. The summed E-state index contributed by atoms with van der Waals surface area (Å²) in [6.07, 6.45) is 4.75. The molecule has 0 spiro atoms. The van der Waals surface area contributed by atoms with Crippen LogP contribution in [0.1, 0.15) is 54.7 Å². The van der Waals surface area contributed by atoms with Gasteiger partial charge in [0.1, 0.15) is 11.5 Å². The number of carbonyl (C=O) groups is 1. The first-order chi connectivity index (χ1) is 18.9. The average Bonchev–Trinajstić information content (AvgIpc) is 3.41. The van der Waals surface area contributed by atoms with Gasteiger partial charge in [0.05, 0.1) is 11.9 Å². The second-order valence-electron chi connectivity index (χ2n) is 10.3. The number of likely N-dealkylation sites (tertiary alicyclic amines) is 1. The van der Waals surface area contributed by atoms with E-state index in [1.54, 1.807) is 12.3 Å². The third-order valence-electron chi connectivity index (χ3n) is 7.83. The topological polar surface area (TPSA) is 104 Å². The highest BCUT2D eigenvalue weighted by Gasteiger charge is 2.35. The summed E-state index contributed by atoms with van der Waals surface area (Å²) in [7, 11) is 0. The van der Waals surface area contributed by atoms with Crippen LogP contribution in [0.4, 0.5) is 11.8 Å². The smallest absolute Gasteiger partial charge is 0.315 e. The molecule has 1 aromatic carbocycles. The SMILES string of the molecule is CCNc1nnc(-c2cnc(N3CCN(C4CCN(C(=O)c5ccc(Cl)cc5C)CC4)C(CC)C3)c(C)n2)o1. The van der Waals surface area contributed by atoms with Gasteiger partial charge < -0.3 is 19.5 Å². The first-order valence-electron chi connectivity index (χ1n) is 13.8. The first kappa shape index (κ1) is 27.3. The van der Waals surface area contributed by atoms with Gasteiger partial charge in [-0.3, -0.25) is 9.69 Å². The summed E-state index contributed by atoms with van der Waals surface area (Å²) in [4.78, 5) is 29.6. The number of hydrogen-bond donors (Lipinski definition) is 1. The highest BCUT2D eigenvalue weighted by Crippen LogP contribution is 2.28. The summed E-state index contributed by atoms with van der Waals surface area (Å²) >= 11 is 6.09. The lowest BCUT2D eigenvalue weighted by Gasteiger charge is -2.47. The second-order valence-corrected chi connectivity index (χ2v) is 10.8. The van der Waals surface area contributed by atoms with Gasteiger partial charge in [0.2, 0.25) is 0 Å². The van der Waals surface area contributed by atoms with Crippen LogP contribution < -0.4 is 10.2 Å². The van der Waals surface area contributed by atoms with E-state index in [0.717, 1.165) is 74.6 Å². The predicted molar refractivity (Wildman–Crippen MR) is 152 cm³/mol. The number of amides is 1. The van der Waals surface area contributed by atoms with Crippen LogP contribution in [0.15, 0.2) is 28.8 Å². The quantitative estimate of drug-likeness (QED) is 0.455. The molecule has 1 unspecified atom stereocenters. The van der Waals surface area contributed by atoms with Crippen molar-refractivity contribution in [2.24, 2.45) is 0 Å². The number of aromatic nitrogens is 4. The van der Waals surface area contributed by atoms with Gasteiger partial charge >= 0.3 is 6.01 Å². The van der Waals surface area contributed by atoms with Crippen molar-refractivity contribution in [1.82, 2.24) is 30.0 Å². The third-order valence-corrected chi connectivity index (χ3v) is 8.07. The Bertz CT molecular complexity index is 1310. The normalized spacial score (nSPS) is 18.9. The minimum Gasteiger partial charge on any atom is -0.402 e. The molecule has 1 N–H and O–H groups in total. The van der Waals surface area contributed by atoms with Crippen LogP contribution in [-0.2, 0) is 0 Å². The van der Waals surface area contributed by atoms with Gasteiger partial charge in [-0.2, -0.15) is 0 Å². The molecule has 10 nitrogen and oxygen atoms in total. The Hall–Kier alpha value is -3.24. The van der Waals surface area contributed by atoms with Crippen LogP contribution in [0, 0.1) is 13.8 Å². The highest BCUT2D eigenvalue weighted by molar-refractivity contribution is 6.30. The Morgan fingerprint density at radius 2 is 1.92 bits per heavy atom. The van der Waals surface area contributed by atoms with Crippen molar-refractivity contribution in [3.05, 3.63) is 46.2 Å². The number of piperidine rings is 1. The molecule has 0 radical (unpaired) electrons. The summed E-state index contributed by atoms with van der Waals surface area (Å²) in [5.41, 5.74) is 3.10. The van der Waals surface area contributed by atoms with E-state index < -0.39 is 0 Å². The van der Waals surface area contributed by atoms with Gasteiger partial charge in [-0.15, -0.1) is 5.10 Å². The van der Waals surface area contributed by atoms with Crippen LogP contribution in [0.5, 0.6) is 0 Å². The number of anilines is 2. The average molecular weight is 553 g/mol. The lowest BCUT2D eigenvalue weighted by molar-refractivity contribution is 0.0490. The maximum Gasteiger partial charge on any atom is 0.315 e. The molecule has 3 aromatic rings. The predicted octanol–water partition coefficient (Wildman–Crippen LogP) is 4.43. The van der Waals surface area contributed by atoms with E-state index in [0.29, 0.717) is 41.3 Å². The minimum atomic E-state index is 0.107.